The Morgan fingerprint density at radius 2 is 1.44 bits per heavy atom. The summed E-state index contributed by atoms with van der Waals surface area (Å²) in [5, 5.41) is 11.2. The fourth-order valence-corrected chi connectivity index (χ4v) is 2.20. The third-order valence-electron chi connectivity index (χ3n) is 2.51. The number of aliphatic hydroxyl groups excluding tert-OH is 1. The first-order valence-corrected chi connectivity index (χ1v) is 6.20. The summed E-state index contributed by atoms with van der Waals surface area (Å²) in [5.41, 5.74) is 0.400. The second-order valence-electron chi connectivity index (χ2n) is 3.73. The minimum absolute atomic E-state index is 0.0617. The zero-order valence-electron chi connectivity index (χ0n) is 9.00. The molecule has 0 saturated carbocycles. The van der Waals surface area contributed by atoms with Gasteiger partial charge >= 0.3 is 0 Å². The lowest BCUT2D eigenvalue weighted by Crippen LogP contribution is -2.03. The number of aliphatic hydroxyl groups is 1. The van der Waals surface area contributed by atoms with E-state index in [1.165, 1.54) is 24.3 Å². The van der Waals surface area contributed by atoms with Crippen LogP contribution in [0.3, 0.4) is 0 Å². The van der Waals surface area contributed by atoms with Gasteiger partial charge in [0.05, 0.1) is 0 Å². The van der Waals surface area contributed by atoms with Crippen molar-refractivity contribution >= 4 is 34.8 Å². The van der Waals surface area contributed by atoms with E-state index in [2.05, 4.69) is 0 Å². The lowest BCUT2D eigenvalue weighted by Gasteiger charge is -2.14. The molecule has 0 aliphatic rings. The van der Waals surface area contributed by atoms with E-state index in [0.717, 1.165) is 0 Å². The maximum absolute atomic E-state index is 13.6. The molecule has 0 radical (unpaired) electrons. The predicted octanol–water partition coefficient (Wildman–Crippen LogP) is 4.87. The molecule has 0 fully saturated rings. The first-order valence-electron chi connectivity index (χ1n) is 5.07. The van der Waals surface area contributed by atoms with E-state index in [1.54, 1.807) is 12.1 Å². The van der Waals surface area contributed by atoms with Gasteiger partial charge in [-0.3, -0.25) is 0 Å². The van der Waals surface area contributed by atoms with Crippen molar-refractivity contribution in [3.8, 4) is 0 Å². The van der Waals surface area contributed by atoms with Crippen LogP contribution >= 0.6 is 34.8 Å². The summed E-state index contributed by atoms with van der Waals surface area (Å²) in [5.74, 6) is -0.553. The first kappa shape index (κ1) is 13.6. The van der Waals surface area contributed by atoms with E-state index >= 15 is 0 Å². The van der Waals surface area contributed by atoms with Crippen molar-refractivity contribution in [1.82, 2.24) is 0 Å². The van der Waals surface area contributed by atoms with Gasteiger partial charge in [0.2, 0.25) is 0 Å². The minimum atomic E-state index is -1.21. The molecule has 0 aromatic heterocycles. The quantitative estimate of drug-likeness (QED) is 0.839. The van der Waals surface area contributed by atoms with Crippen molar-refractivity contribution in [3.63, 3.8) is 0 Å². The fourth-order valence-electron chi connectivity index (χ4n) is 1.62. The van der Waals surface area contributed by atoms with Gasteiger partial charge < -0.3 is 5.11 Å². The Morgan fingerprint density at radius 1 is 0.889 bits per heavy atom. The molecular weight excluding hydrogens is 297 g/mol. The number of rotatable bonds is 2. The highest BCUT2D eigenvalue weighted by atomic mass is 35.5. The van der Waals surface area contributed by atoms with Gasteiger partial charge in [0.25, 0.3) is 0 Å². The van der Waals surface area contributed by atoms with Crippen LogP contribution in [0.4, 0.5) is 4.39 Å². The Hall–Kier alpha value is -0.800. The predicted molar refractivity (Wildman–Crippen MR) is 71.9 cm³/mol. The van der Waals surface area contributed by atoms with Gasteiger partial charge in [-0.2, -0.15) is 0 Å². The second-order valence-corrected chi connectivity index (χ2v) is 5.01. The number of hydrogen-bond acceptors (Lipinski definition) is 1. The standard InChI is InChI=1S/C13H8Cl3FO/c14-7-1-3-11(16)9(5-7)13(18)10-6-8(15)2-4-12(10)17/h1-6,13,18H. The van der Waals surface area contributed by atoms with E-state index in [1.807, 2.05) is 0 Å². The van der Waals surface area contributed by atoms with Crippen LogP contribution in [-0.2, 0) is 0 Å². The molecule has 0 aliphatic carbocycles. The van der Waals surface area contributed by atoms with Gasteiger partial charge in [0.1, 0.15) is 11.9 Å². The van der Waals surface area contributed by atoms with E-state index in [-0.39, 0.29) is 5.56 Å². The lowest BCUT2D eigenvalue weighted by atomic mass is 10.0. The van der Waals surface area contributed by atoms with E-state index < -0.39 is 11.9 Å². The summed E-state index contributed by atoms with van der Waals surface area (Å²) in [6.07, 6.45) is -1.21. The van der Waals surface area contributed by atoms with Crippen molar-refractivity contribution in [2.24, 2.45) is 0 Å². The molecule has 2 aromatic rings. The van der Waals surface area contributed by atoms with Crippen molar-refractivity contribution in [2.45, 2.75) is 6.10 Å². The number of benzene rings is 2. The molecule has 0 saturated heterocycles. The molecule has 0 aliphatic heterocycles. The normalized spacial score (nSPS) is 12.5. The molecule has 1 atom stereocenters. The van der Waals surface area contributed by atoms with E-state index in [9.17, 15) is 9.50 Å². The van der Waals surface area contributed by atoms with Gasteiger partial charge in [0.15, 0.2) is 0 Å². The largest absolute Gasteiger partial charge is 0.383 e. The van der Waals surface area contributed by atoms with E-state index in [0.29, 0.717) is 20.6 Å². The third kappa shape index (κ3) is 2.78. The summed E-state index contributed by atoms with van der Waals surface area (Å²) < 4.78 is 13.6. The summed E-state index contributed by atoms with van der Waals surface area (Å²) in [6.45, 7) is 0. The molecular formula is C13H8Cl3FO. The monoisotopic (exact) mass is 304 g/mol. The van der Waals surface area contributed by atoms with Gasteiger partial charge in [-0.1, -0.05) is 34.8 Å². The highest BCUT2D eigenvalue weighted by Gasteiger charge is 2.18. The van der Waals surface area contributed by atoms with Crippen LogP contribution in [0, 0.1) is 5.82 Å². The maximum atomic E-state index is 13.6. The van der Waals surface area contributed by atoms with Crippen molar-refractivity contribution < 1.29 is 9.50 Å². The molecule has 0 bridgehead atoms. The summed E-state index contributed by atoms with van der Waals surface area (Å²) in [7, 11) is 0. The molecule has 1 N–H and O–H groups in total. The Balaban J connectivity index is 2.50. The van der Waals surface area contributed by atoms with Crippen molar-refractivity contribution in [3.05, 3.63) is 68.4 Å². The molecule has 18 heavy (non-hydrogen) atoms. The van der Waals surface area contributed by atoms with Crippen LogP contribution < -0.4 is 0 Å². The maximum Gasteiger partial charge on any atom is 0.129 e. The smallest absolute Gasteiger partial charge is 0.129 e. The molecule has 2 aromatic carbocycles. The van der Waals surface area contributed by atoms with Crippen molar-refractivity contribution in [2.75, 3.05) is 0 Å². The first-order chi connectivity index (χ1) is 8.49. The van der Waals surface area contributed by atoms with Crippen LogP contribution in [0.1, 0.15) is 17.2 Å². The molecule has 0 amide bonds. The summed E-state index contributed by atoms with van der Waals surface area (Å²) >= 11 is 17.6. The van der Waals surface area contributed by atoms with Crippen molar-refractivity contribution in [1.29, 1.82) is 0 Å². The summed E-state index contributed by atoms with van der Waals surface area (Å²) in [4.78, 5) is 0. The lowest BCUT2D eigenvalue weighted by molar-refractivity contribution is 0.215. The minimum Gasteiger partial charge on any atom is -0.383 e. The Labute approximate surface area is 119 Å². The Bertz CT molecular complexity index is 535. The van der Waals surface area contributed by atoms with Crippen LogP contribution in [0.5, 0.6) is 0 Å². The van der Waals surface area contributed by atoms with E-state index in [4.69, 9.17) is 34.8 Å². The topological polar surface area (TPSA) is 20.2 Å². The number of halogens is 4. The Kier molecular flexibility index (Phi) is 4.13. The van der Waals surface area contributed by atoms with Gasteiger partial charge in [-0.05, 0) is 36.4 Å². The molecule has 2 rings (SSSR count). The number of hydrogen-bond donors (Lipinski definition) is 1. The van der Waals surface area contributed by atoms with Crippen LogP contribution in [-0.4, -0.2) is 5.11 Å². The van der Waals surface area contributed by atoms with Crippen LogP contribution in [0.15, 0.2) is 36.4 Å². The average molecular weight is 306 g/mol. The van der Waals surface area contributed by atoms with Gasteiger partial charge in [-0.15, -0.1) is 0 Å². The van der Waals surface area contributed by atoms with Crippen LogP contribution in [0.25, 0.3) is 0 Å². The van der Waals surface area contributed by atoms with Crippen LogP contribution in [0.2, 0.25) is 15.1 Å². The summed E-state index contributed by atoms with van der Waals surface area (Å²) in [6, 6.07) is 8.60. The van der Waals surface area contributed by atoms with Gasteiger partial charge in [0, 0.05) is 26.2 Å². The highest BCUT2D eigenvalue weighted by molar-refractivity contribution is 6.33. The molecule has 0 spiro atoms. The molecule has 1 unspecified atom stereocenters. The average Bonchev–Trinajstić information content (AvgIpc) is 2.34. The zero-order valence-corrected chi connectivity index (χ0v) is 11.3. The zero-order chi connectivity index (χ0) is 13.3. The SMILES string of the molecule is OC(c1cc(Cl)ccc1F)c1cc(Cl)ccc1Cl. The Morgan fingerprint density at radius 3 is 2.11 bits per heavy atom. The molecule has 1 nitrogen and oxygen atoms in total. The molecule has 5 heteroatoms. The molecule has 94 valence electrons. The second kappa shape index (κ2) is 5.45. The third-order valence-corrected chi connectivity index (χ3v) is 3.32. The highest BCUT2D eigenvalue weighted by Crippen LogP contribution is 2.32. The fraction of sp³-hybridized carbons (Fsp3) is 0.0769. The molecule has 0 heterocycles. The van der Waals surface area contributed by atoms with Gasteiger partial charge in [-0.25, -0.2) is 4.39 Å².